The molecule has 0 saturated carbocycles. The van der Waals surface area contributed by atoms with E-state index in [1.165, 1.54) is 6.07 Å². The zero-order chi connectivity index (χ0) is 31.3. The van der Waals surface area contributed by atoms with Gasteiger partial charge in [0.1, 0.15) is 11.6 Å². The van der Waals surface area contributed by atoms with Gasteiger partial charge in [0.25, 0.3) is 15.9 Å². The number of carbonyl (C=O) groups is 1. The smallest absolute Gasteiger partial charge is 0.281 e. The van der Waals surface area contributed by atoms with E-state index in [9.17, 15) is 13.2 Å². The number of carbonyl (C=O) groups excluding carboxylic acids is 1. The number of anilines is 2. The van der Waals surface area contributed by atoms with Crippen molar-refractivity contribution in [2.45, 2.75) is 75.9 Å². The van der Waals surface area contributed by atoms with Crippen LogP contribution in [0.3, 0.4) is 0 Å². The first kappa shape index (κ1) is 29.7. The molecule has 1 fully saturated rings. The fourth-order valence-corrected chi connectivity index (χ4v) is 7.08. The second-order valence-electron chi connectivity index (χ2n) is 13.3. The molecule has 4 aromatic heterocycles. The van der Waals surface area contributed by atoms with Gasteiger partial charge in [-0.15, -0.1) is 0 Å². The van der Waals surface area contributed by atoms with Crippen LogP contribution in [-0.2, 0) is 15.4 Å². The number of sulfonamides is 1. The summed E-state index contributed by atoms with van der Waals surface area (Å²) in [4.78, 5) is 30.0. The van der Waals surface area contributed by atoms with E-state index in [1.54, 1.807) is 30.5 Å². The van der Waals surface area contributed by atoms with Crippen molar-refractivity contribution in [3.05, 3.63) is 78.0 Å². The summed E-state index contributed by atoms with van der Waals surface area (Å²) in [6.07, 6.45) is 7.89. The van der Waals surface area contributed by atoms with Crippen LogP contribution >= 0.6 is 0 Å². The molecule has 2 aliphatic rings. The molecule has 2 atom stereocenters. The molecule has 1 unspecified atom stereocenters. The predicted octanol–water partition coefficient (Wildman–Crippen LogP) is 5.23. The summed E-state index contributed by atoms with van der Waals surface area (Å²) in [5.74, 6) is 0.456. The molecule has 0 spiro atoms. The van der Waals surface area contributed by atoms with Crippen molar-refractivity contribution in [1.82, 2.24) is 29.9 Å². The third-order valence-electron chi connectivity index (χ3n) is 8.49. The van der Waals surface area contributed by atoms with Crippen LogP contribution < -0.4 is 14.9 Å². The Morgan fingerprint density at radius 3 is 2.50 bits per heavy atom. The Kier molecular flexibility index (Phi) is 7.43. The Labute approximate surface area is 258 Å². The number of hydrogen-bond acceptors (Lipinski definition) is 9. The van der Waals surface area contributed by atoms with E-state index in [2.05, 4.69) is 64.7 Å². The van der Waals surface area contributed by atoms with E-state index < -0.39 is 15.9 Å². The largest absolute Gasteiger partial charge is 0.362 e. The third-order valence-corrected chi connectivity index (χ3v) is 9.72. The summed E-state index contributed by atoms with van der Waals surface area (Å²) in [6, 6.07) is 12.0. The van der Waals surface area contributed by atoms with Gasteiger partial charge in [0.2, 0.25) is 0 Å². The van der Waals surface area contributed by atoms with Crippen molar-refractivity contribution in [3.8, 4) is 11.1 Å². The van der Waals surface area contributed by atoms with Crippen LogP contribution in [0.15, 0.2) is 66.1 Å². The molecule has 230 valence electrons. The minimum atomic E-state index is -4.29. The number of pyridine rings is 3. The first-order chi connectivity index (χ1) is 20.8. The van der Waals surface area contributed by atoms with E-state index in [0.29, 0.717) is 24.1 Å². The first-order valence-electron chi connectivity index (χ1n) is 14.9. The highest BCUT2D eigenvalue weighted by Gasteiger charge is 2.41. The molecule has 2 aliphatic heterocycles. The van der Waals surface area contributed by atoms with Crippen molar-refractivity contribution in [2.24, 2.45) is 5.92 Å². The number of fused-ring (bicyclic) bond motifs is 6. The van der Waals surface area contributed by atoms with Gasteiger partial charge in [-0.2, -0.15) is 13.5 Å². The molecule has 4 aromatic rings. The summed E-state index contributed by atoms with van der Waals surface area (Å²) in [6.45, 7) is 11.2. The summed E-state index contributed by atoms with van der Waals surface area (Å²) in [5.41, 5.74) is 3.18. The zero-order valence-corrected chi connectivity index (χ0v) is 26.4. The summed E-state index contributed by atoms with van der Waals surface area (Å²) < 4.78 is 29.2. The fraction of sp³-hybridized carbons (Fsp3) is 0.406. The molecule has 1 amide bonds. The summed E-state index contributed by atoms with van der Waals surface area (Å²) in [5, 5.41) is 10.0. The number of hydrogen-bond donors (Lipinski definition) is 3. The second kappa shape index (κ2) is 11.0. The van der Waals surface area contributed by atoms with Crippen LogP contribution in [-0.4, -0.2) is 51.6 Å². The number of aromatic amines is 1. The minimum Gasteiger partial charge on any atom is -0.362 e. The van der Waals surface area contributed by atoms with Crippen LogP contribution in [0.2, 0.25) is 0 Å². The quantitative estimate of drug-likeness (QED) is 0.276. The van der Waals surface area contributed by atoms with Crippen LogP contribution in [0.25, 0.3) is 11.1 Å². The zero-order valence-electron chi connectivity index (χ0n) is 25.6. The fourth-order valence-electron chi connectivity index (χ4n) is 6.14. The molecule has 1 saturated heterocycles. The maximum Gasteiger partial charge on any atom is 0.281 e. The highest BCUT2D eigenvalue weighted by Crippen LogP contribution is 2.41. The normalized spacial score (nSPS) is 21.4. The third kappa shape index (κ3) is 5.90. The molecule has 6 rings (SSSR count). The topological polar surface area (TPSA) is 146 Å². The average molecular weight is 615 g/mol. The number of amides is 1. The van der Waals surface area contributed by atoms with Crippen molar-refractivity contribution in [2.75, 3.05) is 16.8 Å². The number of H-pyrrole nitrogens is 1. The molecule has 44 heavy (non-hydrogen) atoms. The lowest BCUT2D eigenvalue weighted by Crippen LogP contribution is -2.41. The van der Waals surface area contributed by atoms with Crippen molar-refractivity contribution >= 4 is 27.6 Å². The van der Waals surface area contributed by atoms with E-state index in [4.69, 9.17) is 9.97 Å². The van der Waals surface area contributed by atoms with Gasteiger partial charge >= 0.3 is 0 Å². The number of aromatic nitrogens is 5. The molecule has 0 aromatic carbocycles. The maximum absolute atomic E-state index is 13.6. The van der Waals surface area contributed by atoms with Gasteiger partial charge in [0.15, 0.2) is 5.03 Å². The van der Waals surface area contributed by atoms with Crippen molar-refractivity contribution in [1.29, 1.82) is 0 Å². The lowest BCUT2D eigenvalue weighted by molar-refractivity contribution is 0.0981. The number of rotatable bonds is 2. The SMILES string of the molecule is CC(C)(C)c1ccc2c(n1)N1C[C@@H](CCC(c3ccc(-c4cn[nH]c4)cn3)Nc3cccc(n3)S(=O)(=O)NC2=O)CC1(C)C. The van der Waals surface area contributed by atoms with Gasteiger partial charge in [0.05, 0.1) is 23.5 Å². The monoisotopic (exact) mass is 614 g/mol. The van der Waals surface area contributed by atoms with Crippen molar-refractivity contribution in [3.63, 3.8) is 0 Å². The Morgan fingerprint density at radius 2 is 1.80 bits per heavy atom. The molecule has 11 nitrogen and oxygen atoms in total. The number of nitrogens with one attached hydrogen (secondary N) is 3. The van der Waals surface area contributed by atoms with Gasteiger partial charge in [-0.1, -0.05) is 32.9 Å². The number of nitrogens with zero attached hydrogens (tertiary/aromatic N) is 5. The van der Waals surface area contributed by atoms with E-state index in [-0.39, 0.29) is 27.6 Å². The van der Waals surface area contributed by atoms with Crippen LogP contribution in [0.1, 0.15) is 81.7 Å². The highest BCUT2D eigenvalue weighted by molar-refractivity contribution is 7.90. The Morgan fingerprint density at radius 1 is 0.977 bits per heavy atom. The van der Waals surface area contributed by atoms with Crippen LogP contribution in [0.4, 0.5) is 11.6 Å². The van der Waals surface area contributed by atoms with Gasteiger partial charge in [-0.25, -0.2) is 14.7 Å². The van der Waals surface area contributed by atoms with Gasteiger partial charge in [-0.3, -0.25) is 14.9 Å². The molecular formula is C32H38N8O3S. The molecule has 12 heteroatoms. The van der Waals surface area contributed by atoms with Crippen molar-refractivity contribution < 1.29 is 13.2 Å². The Hall–Kier alpha value is -4.32. The standard InChI is InChI=1S/C32H38N8O3S/c1-31(2,3)26-14-11-23-29(37-26)40-19-20(15-32(40,4)5)9-12-25(24-13-10-21(16-33-24)22-17-34-35-18-22)36-27-7-6-8-28(38-27)44(42,43)39-30(23)41/h6-8,10-11,13-14,16-18,20,25H,9,12,15,19H2,1-5H3,(H,34,35)(H,36,38)(H,39,41)/t20-,25?/m0/s1. The maximum atomic E-state index is 13.6. The van der Waals surface area contributed by atoms with E-state index >= 15 is 0 Å². The van der Waals surface area contributed by atoms with Gasteiger partial charge in [0, 0.05) is 46.7 Å². The molecule has 3 N–H and O–H groups in total. The average Bonchev–Trinajstić information content (AvgIpc) is 3.62. The molecule has 4 bridgehead atoms. The Balaban J connectivity index is 1.42. The highest BCUT2D eigenvalue weighted by atomic mass is 32.2. The lowest BCUT2D eigenvalue weighted by atomic mass is 9.90. The summed E-state index contributed by atoms with van der Waals surface area (Å²) >= 11 is 0. The van der Waals surface area contributed by atoms with Gasteiger partial charge in [-0.05, 0) is 69.4 Å². The molecule has 0 aliphatic carbocycles. The predicted molar refractivity (Wildman–Crippen MR) is 169 cm³/mol. The minimum absolute atomic E-state index is 0.222. The molecule has 0 radical (unpaired) electrons. The van der Waals surface area contributed by atoms with Gasteiger partial charge < -0.3 is 10.2 Å². The molecular weight excluding hydrogens is 576 g/mol. The second-order valence-corrected chi connectivity index (χ2v) is 15.0. The van der Waals surface area contributed by atoms with E-state index in [1.807, 2.05) is 24.5 Å². The Bertz CT molecular complexity index is 1780. The van der Waals surface area contributed by atoms with E-state index in [0.717, 1.165) is 41.8 Å². The summed E-state index contributed by atoms with van der Waals surface area (Å²) in [7, 11) is -4.29. The first-order valence-corrected chi connectivity index (χ1v) is 16.3. The van der Waals surface area contributed by atoms with Crippen LogP contribution in [0.5, 0.6) is 0 Å². The van der Waals surface area contributed by atoms with Crippen LogP contribution in [0, 0.1) is 5.92 Å². The molecule has 6 heterocycles. The lowest BCUT2D eigenvalue weighted by Gasteiger charge is -2.34.